The summed E-state index contributed by atoms with van der Waals surface area (Å²) in [5.41, 5.74) is 4.84. The molecule has 6 rings (SSSR count). The van der Waals surface area contributed by atoms with Gasteiger partial charge in [0.2, 0.25) is 0 Å². The first-order valence-electron chi connectivity index (χ1n) is 11.9. The summed E-state index contributed by atoms with van der Waals surface area (Å²) in [7, 11) is 0. The highest BCUT2D eigenvalue weighted by Gasteiger charge is 2.20. The van der Waals surface area contributed by atoms with E-state index >= 15 is 0 Å². The quantitative estimate of drug-likeness (QED) is 0.396. The summed E-state index contributed by atoms with van der Waals surface area (Å²) in [5.74, 6) is 1.52. The van der Waals surface area contributed by atoms with Crippen LogP contribution >= 0.6 is 0 Å². The molecule has 0 saturated carbocycles. The molecule has 0 bridgehead atoms. The van der Waals surface area contributed by atoms with Gasteiger partial charge in [0.25, 0.3) is 5.91 Å². The third kappa shape index (κ3) is 4.90. The molecule has 1 saturated heterocycles. The Labute approximate surface area is 213 Å². The number of fused-ring (bicyclic) bond motifs is 1. The zero-order valence-corrected chi connectivity index (χ0v) is 19.9. The van der Waals surface area contributed by atoms with Gasteiger partial charge in [0, 0.05) is 56.7 Å². The minimum absolute atomic E-state index is 0.251. The molecule has 2 aromatic carbocycles. The molecule has 1 N–H and O–H groups in total. The Morgan fingerprint density at radius 3 is 2.16 bits per heavy atom. The molecular weight excluding hydrogens is 466 g/mol. The predicted molar refractivity (Wildman–Crippen MR) is 141 cm³/mol. The Kier molecular flexibility index (Phi) is 6.04. The lowest BCUT2D eigenvalue weighted by Crippen LogP contribution is -2.47. The monoisotopic (exact) mass is 489 g/mol. The van der Waals surface area contributed by atoms with Crippen LogP contribution in [0.15, 0.2) is 86.0 Å². The molecule has 182 valence electrons. The molecular formula is C27H23N9O. The van der Waals surface area contributed by atoms with Crippen LogP contribution in [-0.4, -0.2) is 62.0 Å². The summed E-state index contributed by atoms with van der Waals surface area (Å²) in [6.07, 6.45) is 11.4. The molecule has 10 nitrogen and oxygen atoms in total. The van der Waals surface area contributed by atoms with Gasteiger partial charge in [-0.05, 0) is 35.4 Å². The number of nitrogens with zero attached hydrogens (tertiary/aromatic N) is 8. The van der Waals surface area contributed by atoms with Crippen molar-refractivity contribution in [1.29, 1.82) is 0 Å². The van der Waals surface area contributed by atoms with Gasteiger partial charge in [-0.25, -0.2) is 19.9 Å². The zero-order valence-electron chi connectivity index (χ0n) is 19.9. The van der Waals surface area contributed by atoms with Crippen LogP contribution in [0.2, 0.25) is 0 Å². The summed E-state index contributed by atoms with van der Waals surface area (Å²) in [5, 5.41) is 2.87. The van der Waals surface area contributed by atoms with Crippen LogP contribution in [0.1, 0.15) is 10.4 Å². The maximum absolute atomic E-state index is 12.3. The van der Waals surface area contributed by atoms with Gasteiger partial charge in [-0.3, -0.25) is 14.8 Å². The number of benzene rings is 2. The molecule has 0 atom stereocenters. The van der Waals surface area contributed by atoms with Crippen molar-refractivity contribution >= 4 is 34.3 Å². The van der Waals surface area contributed by atoms with Gasteiger partial charge in [0.15, 0.2) is 0 Å². The smallest absolute Gasteiger partial charge is 0.258 e. The van der Waals surface area contributed by atoms with Crippen LogP contribution < -0.4 is 15.1 Å². The average Bonchev–Trinajstić information content (AvgIpc) is 2.98. The number of aromatic nitrogens is 6. The Hall–Kier alpha value is -4.99. The van der Waals surface area contributed by atoms with E-state index in [0.717, 1.165) is 60.0 Å². The lowest BCUT2D eigenvalue weighted by molar-refractivity contribution is 0.102. The standard InChI is InChI=1S/C27H23N9O/c37-27(21-14-29-18-30-15-21)33-22-4-1-19(2-5-22)20-3-6-23-24(13-20)34-26(17-32-23)36-11-9-35(10-12-36)25-16-28-7-8-31-25/h1-8,13-18H,9-12H2,(H,33,37). The van der Waals surface area contributed by atoms with Crippen LogP contribution in [0.25, 0.3) is 22.2 Å². The molecule has 0 spiro atoms. The first-order valence-corrected chi connectivity index (χ1v) is 11.9. The van der Waals surface area contributed by atoms with Crippen molar-refractivity contribution < 1.29 is 4.79 Å². The van der Waals surface area contributed by atoms with Crippen molar-refractivity contribution in [3.05, 3.63) is 91.5 Å². The molecule has 10 heteroatoms. The van der Waals surface area contributed by atoms with Crippen LogP contribution in [0, 0.1) is 0 Å². The molecule has 0 unspecified atom stereocenters. The molecule has 37 heavy (non-hydrogen) atoms. The lowest BCUT2D eigenvalue weighted by atomic mass is 10.0. The number of carbonyl (C=O) groups excluding carboxylic acids is 1. The normalized spacial score (nSPS) is 13.5. The number of anilines is 3. The number of carbonyl (C=O) groups is 1. The van der Waals surface area contributed by atoms with Crippen molar-refractivity contribution in [2.24, 2.45) is 0 Å². The second kappa shape index (κ2) is 9.94. The van der Waals surface area contributed by atoms with E-state index in [1.54, 1.807) is 18.6 Å². The predicted octanol–water partition coefficient (Wildman–Crippen LogP) is 3.46. The van der Waals surface area contributed by atoms with E-state index in [-0.39, 0.29) is 5.91 Å². The Morgan fingerprint density at radius 2 is 1.43 bits per heavy atom. The van der Waals surface area contributed by atoms with Gasteiger partial charge in [0.05, 0.1) is 29.0 Å². The van der Waals surface area contributed by atoms with E-state index in [0.29, 0.717) is 11.3 Å². The van der Waals surface area contributed by atoms with Crippen LogP contribution in [-0.2, 0) is 0 Å². The SMILES string of the molecule is O=C(Nc1ccc(-c2ccc3ncc(N4CCN(c5cnccn5)CC4)nc3c2)cc1)c1cncnc1. The van der Waals surface area contributed by atoms with Crippen molar-refractivity contribution in [2.75, 3.05) is 41.3 Å². The summed E-state index contributed by atoms with van der Waals surface area (Å²) in [6, 6.07) is 13.8. The molecule has 0 aliphatic carbocycles. The van der Waals surface area contributed by atoms with Gasteiger partial charge in [-0.15, -0.1) is 0 Å². The highest BCUT2D eigenvalue weighted by Crippen LogP contribution is 2.26. The maximum atomic E-state index is 12.3. The summed E-state index contributed by atoms with van der Waals surface area (Å²) in [6.45, 7) is 3.36. The topological polar surface area (TPSA) is 113 Å². The maximum Gasteiger partial charge on any atom is 0.258 e. The third-order valence-corrected chi connectivity index (χ3v) is 6.31. The van der Waals surface area contributed by atoms with Gasteiger partial charge in [-0.2, -0.15) is 0 Å². The second-order valence-corrected chi connectivity index (χ2v) is 8.63. The molecule has 4 heterocycles. The van der Waals surface area contributed by atoms with Crippen molar-refractivity contribution in [3.8, 4) is 11.1 Å². The minimum atomic E-state index is -0.251. The number of hydrogen-bond acceptors (Lipinski definition) is 9. The number of rotatable bonds is 5. The molecule has 1 fully saturated rings. The van der Waals surface area contributed by atoms with Crippen molar-refractivity contribution in [2.45, 2.75) is 0 Å². The molecule has 1 aliphatic rings. The first-order chi connectivity index (χ1) is 18.2. The number of nitrogens with one attached hydrogen (secondary N) is 1. The minimum Gasteiger partial charge on any atom is -0.352 e. The number of amides is 1. The molecule has 0 radical (unpaired) electrons. The van der Waals surface area contributed by atoms with Crippen molar-refractivity contribution in [1.82, 2.24) is 29.9 Å². The summed E-state index contributed by atoms with van der Waals surface area (Å²) >= 11 is 0. The Bertz CT molecular complexity index is 1520. The van der Waals surface area contributed by atoms with E-state index in [2.05, 4.69) is 46.1 Å². The largest absolute Gasteiger partial charge is 0.352 e. The van der Waals surface area contributed by atoms with Crippen molar-refractivity contribution in [3.63, 3.8) is 0 Å². The first kappa shape index (κ1) is 22.5. The van der Waals surface area contributed by atoms with E-state index in [1.165, 1.54) is 18.7 Å². The van der Waals surface area contributed by atoms with Gasteiger partial charge in [-0.1, -0.05) is 18.2 Å². The lowest BCUT2D eigenvalue weighted by Gasteiger charge is -2.35. The molecule has 5 aromatic rings. The molecule has 1 amide bonds. The zero-order chi connectivity index (χ0) is 25.0. The van der Waals surface area contributed by atoms with Crippen LogP contribution in [0.4, 0.5) is 17.3 Å². The Morgan fingerprint density at radius 1 is 0.703 bits per heavy atom. The summed E-state index contributed by atoms with van der Waals surface area (Å²) < 4.78 is 0. The molecule has 3 aromatic heterocycles. The third-order valence-electron chi connectivity index (χ3n) is 6.31. The van der Waals surface area contributed by atoms with Gasteiger partial charge >= 0.3 is 0 Å². The highest BCUT2D eigenvalue weighted by atomic mass is 16.1. The highest BCUT2D eigenvalue weighted by molar-refractivity contribution is 6.03. The fourth-order valence-corrected chi connectivity index (χ4v) is 4.32. The van der Waals surface area contributed by atoms with Crippen LogP contribution in [0.5, 0.6) is 0 Å². The van der Waals surface area contributed by atoms with Gasteiger partial charge in [0.1, 0.15) is 18.0 Å². The Balaban J connectivity index is 1.16. The van der Waals surface area contributed by atoms with Crippen LogP contribution in [0.3, 0.4) is 0 Å². The summed E-state index contributed by atoms with van der Waals surface area (Å²) in [4.78, 5) is 42.7. The molecule has 1 aliphatic heterocycles. The number of hydrogen-bond donors (Lipinski definition) is 1. The number of piperazine rings is 1. The second-order valence-electron chi connectivity index (χ2n) is 8.63. The van der Waals surface area contributed by atoms with Gasteiger partial charge < -0.3 is 15.1 Å². The van der Waals surface area contributed by atoms with E-state index in [4.69, 9.17) is 4.98 Å². The van der Waals surface area contributed by atoms with E-state index in [1.807, 2.05) is 42.6 Å². The fraction of sp³-hybridized carbons (Fsp3) is 0.148. The fourth-order valence-electron chi connectivity index (χ4n) is 4.32. The van der Waals surface area contributed by atoms with E-state index in [9.17, 15) is 4.79 Å². The van der Waals surface area contributed by atoms with E-state index < -0.39 is 0 Å². The average molecular weight is 490 g/mol.